The number of nitrogens with two attached hydrogens (primary N) is 1. The van der Waals surface area contributed by atoms with Gasteiger partial charge in [0.1, 0.15) is 11.6 Å². The van der Waals surface area contributed by atoms with Crippen molar-refractivity contribution in [3.05, 3.63) is 29.6 Å². The van der Waals surface area contributed by atoms with Gasteiger partial charge < -0.3 is 10.5 Å². The molecule has 2 nitrogen and oxygen atoms in total. The quantitative estimate of drug-likeness (QED) is 0.645. The van der Waals surface area contributed by atoms with E-state index in [1.165, 1.54) is 12.1 Å². The number of ether oxygens (including phenoxy) is 1. The molecular weight excluding hydrogens is 238 g/mol. The van der Waals surface area contributed by atoms with Crippen LogP contribution in [0, 0.1) is 5.82 Å². The average Bonchev–Trinajstić information content (AvgIpc) is 2.22. The number of benzene rings is 1. The van der Waals surface area contributed by atoms with Crippen LogP contribution < -0.4 is 10.5 Å². The van der Waals surface area contributed by atoms with Gasteiger partial charge >= 0.3 is 6.18 Å². The van der Waals surface area contributed by atoms with Crippen LogP contribution in [0.25, 0.3) is 0 Å². The van der Waals surface area contributed by atoms with Crippen LogP contribution in [-0.2, 0) is 6.54 Å². The van der Waals surface area contributed by atoms with Gasteiger partial charge in [-0.05, 0) is 24.1 Å². The topological polar surface area (TPSA) is 35.2 Å². The SMILES string of the molecule is NCc1cc(F)cc(OCCCC(F)(F)F)c1. The largest absolute Gasteiger partial charge is 0.493 e. The molecule has 0 amide bonds. The Balaban J connectivity index is 2.44. The van der Waals surface area contributed by atoms with Crippen LogP contribution in [-0.4, -0.2) is 12.8 Å². The summed E-state index contributed by atoms with van der Waals surface area (Å²) in [5.41, 5.74) is 5.87. The van der Waals surface area contributed by atoms with Crippen LogP contribution in [0.4, 0.5) is 17.6 Å². The molecule has 6 heteroatoms. The van der Waals surface area contributed by atoms with E-state index in [2.05, 4.69) is 0 Å². The molecule has 1 aromatic carbocycles. The van der Waals surface area contributed by atoms with E-state index in [1.807, 2.05) is 0 Å². The van der Waals surface area contributed by atoms with Crippen LogP contribution in [0.2, 0.25) is 0 Å². The summed E-state index contributed by atoms with van der Waals surface area (Å²) in [5, 5.41) is 0. The van der Waals surface area contributed by atoms with E-state index in [0.29, 0.717) is 5.56 Å². The van der Waals surface area contributed by atoms with E-state index < -0.39 is 18.4 Å². The third-order valence-electron chi connectivity index (χ3n) is 2.04. The molecule has 96 valence electrons. The minimum atomic E-state index is -4.19. The summed E-state index contributed by atoms with van der Waals surface area (Å²) in [5.74, 6) is -0.314. The zero-order valence-corrected chi connectivity index (χ0v) is 9.06. The summed E-state index contributed by atoms with van der Waals surface area (Å²) >= 11 is 0. The van der Waals surface area contributed by atoms with E-state index in [1.54, 1.807) is 0 Å². The van der Waals surface area contributed by atoms with E-state index in [4.69, 9.17) is 10.5 Å². The van der Waals surface area contributed by atoms with Crippen molar-refractivity contribution in [2.45, 2.75) is 25.6 Å². The van der Waals surface area contributed by atoms with Gasteiger partial charge in [0.25, 0.3) is 0 Å². The Kier molecular flexibility index (Phi) is 4.74. The minimum Gasteiger partial charge on any atom is -0.493 e. The third kappa shape index (κ3) is 5.53. The summed E-state index contributed by atoms with van der Waals surface area (Å²) in [4.78, 5) is 0. The van der Waals surface area contributed by atoms with Gasteiger partial charge in [-0.15, -0.1) is 0 Å². The molecule has 0 aromatic heterocycles. The lowest BCUT2D eigenvalue weighted by Crippen LogP contribution is -2.10. The van der Waals surface area contributed by atoms with Crippen molar-refractivity contribution in [3.63, 3.8) is 0 Å². The fraction of sp³-hybridized carbons (Fsp3) is 0.455. The maximum Gasteiger partial charge on any atom is 0.389 e. The Hall–Kier alpha value is -1.30. The number of hydrogen-bond acceptors (Lipinski definition) is 2. The first-order valence-electron chi connectivity index (χ1n) is 5.10. The average molecular weight is 251 g/mol. The molecule has 0 bridgehead atoms. The fourth-order valence-corrected chi connectivity index (χ4v) is 1.28. The predicted molar refractivity (Wildman–Crippen MR) is 55.1 cm³/mol. The van der Waals surface area contributed by atoms with Crippen molar-refractivity contribution >= 4 is 0 Å². The van der Waals surface area contributed by atoms with E-state index in [-0.39, 0.29) is 25.3 Å². The normalized spacial score (nSPS) is 11.6. The minimum absolute atomic E-state index is 0.104. The summed E-state index contributed by atoms with van der Waals surface area (Å²) in [6, 6.07) is 3.88. The Morgan fingerprint density at radius 2 is 1.88 bits per heavy atom. The van der Waals surface area contributed by atoms with Gasteiger partial charge in [0, 0.05) is 19.0 Å². The summed E-state index contributed by atoms with van der Waals surface area (Å²) < 4.78 is 53.5. The zero-order chi connectivity index (χ0) is 12.9. The Bertz CT molecular complexity index is 365. The molecule has 1 aromatic rings. The molecular formula is C11H13F4NO. The van der Waals surface area contributed by atoms with Crippen molar-refractivity contribution in [2.24, 2.45) is 5.73 Å². The van der Waals surface area contributed by atoms with Crippen molar-refractivity contribution in [1.29, 1.82) is 0 Å². The molecule has 0 saturated carbocycles. The van der Waals surface area contributed by atoms with E-state index in [0.717, 1.165) is 6.07 Å². The first-order chi connectivity index (χ1) is 7.90. The number of halogens is 4. The molecule has 1 rings (SSSR count). The first-order valence-corrected chi connectivity index (χ1v) is 5.10. The van der Waals surface area contributed by atoms with Gasteiger partial charge in [-0.3, -0.25) is 0 Å². The molecule has 0 saturated heterocycles. The smallest absolute Gasteiger partial charge is 0.389 e. The van der Waals surface area contributed by atoms with Crippen molar-refractivity contribution in [1.82, 2.24) is 0 Å². The predicted octanol–water partition coefficient (Wildman–Crippen LogP) is 3.01. The fourth-order valence-electron chi connectivity index (χ4n) is 1.28. The Morgan fingerprint density at radius 1 is 1.18 bits per heavy atom. The molecule has 0 aliphatic carbocycles. The van der Waals surface area contributed by atoms with Gasteiger partial charge in [-0.2, -0.15) is 13.2 Å². The lowest BCUT2D eigenvalue weighted by Gasteiger charge is -2.09. The molecule has 0 unspecified atom stereocenters. The number of alkyl halides is 3. The lowest BCUT2D eigenvalue weighted by molar-refractivity contribution is -0.136. The standard InChI is InChI=1S/C11H13F4NO/c12-9-4-8(7-16)5-10(6-9)17-3-1-2-11(13,14)15/h4-6H,1-3,7,16H2. The van der Waals surface area contributed by atoms with Gasteiger partial charge in [0.2, 0.25) is 0 Å². The van der Waals surface area contributed by atoms with Crippen molar-refractivity contribution in [2.75, 3.05) is 6.61 Å². The maximum absolute atomic E-state index is 13.0. The highest BCUT2D eigenvalue weighted by Crippen LogP contribution is 2.22. The van der Waals surface area contributed by atoms with Crippen LogP contribution in [0.3, 0.4) is 0 Å². The van der Waals surface area contributed by atoms with Crippen LogP contribution >= 0.6 is 0 Å². The zero-order valence-electron chi connectivity index (χ0n) is 9.06. The molecule has 0 spiro atoms. The number of hydrogen-bond donors (Lipinski definition) is 1. The summed E-state index contributed by atoms with van der Waals surface area (Å²) in [7, 11) is 0. The van der Waals surface area contributed by atoms with Gasteiger partial charge in [0.15, 0.2) is 0 Å². The summed E-state index contributed by atoms with van der Waals surface area (Å²) in [6.45, 7) is 0.0453. The van der Waals surface area contributed by atoms with Gasteiger partial charge in [-0.1, -0.05) is 0 Å². The maximum atomic E-state index is 13.0. The molecule has 0 fully saturated rings. The second kappa shape index (κ2) is 5.86. The van der Waals surface area contributed by atoms with Crippen molar-refractivity contribution < 1.29 is 22.3 Å². The first kappa shape index (κ1) is 13.8. The van der Waals surface area contributed by atoms with Crippen molar-refractivity contribution in [3.8, 4) is 5.75 Å². The Labute approximate surface area is 96.4 Å². The van der Waals surface area contributed by atoms with E-state index >= 15 is 0 Å². The molecule has 0 atom stereocenters. The third-order valence-corrected chi connectivity index (χ3v) is 2.04. The molecule has 2 N–H and O–H groups in total. The Morgan fingerprint density at radius 3 is 2.47 bits per heavy atom. The summed E-state index contributed by atoms with van der Waals surface area (Å²) in [6.07, 6.45) is -5.25. The molecule has 0 heterocycles. The van der Waals surface area contributed by atoms with Crippen LogP contribution in [0.15, 0.2) is 18.2 Å². The number of rotatable bonds is 5. The van der Waals surface area contributed by atoms with Crippen LogP contribution in [0.5, 0.6) is 5.75 Å². The second-order valence-corrected chi connectivity index (χ2v) is 3.57. The molecule has 17 heavy (non-hydrogen) atoms. The second-order valence-electron chi connectivity index (χ2n) is 3.57. The molecule has 0 aliphatic rings. The van der Waals surface area contributed by atoms with E-state index in [9.17, 15) is 17.6 Å². The lowest BCUT2D eigenvalue weighted by atomic mass is 10.2. The highest BCUT2D eigenvalue weighted by molar-refractivity contribution is 5.29. The van der Waals surface area contributed by atoms with Gasteiger partial charge in [-0.25, -0.2) is 4.39 Å². The highest BCUT2D eigenvalue weighted by atomic mass is 19.4. The monoisotopic (exact) mass is 251 g/mol. The highest BCUT2D eigenvalue weighted by Gasteiger charge is 2.26. The van der Waals surface area contributed by atoms with Crippen LogP contribution in [0.1, 0.15) is 18.4 Å². The molecule has 0 aliphatic heterocycles. The molecule has 0 radical (unpaired) electrons. The van der Waals surface area contributed by atoms with Gasteiger partial charge in [0.05, 0.1) is 6.61 Å².